The standard InChI is InChI=1S/C19H24N4O2/c1-21(10-11-23-9-5-8-20-23)19(25)15-22-14-17(13-18(22)24)12-16-6-3-2-4-7-16/h2-9,17H,10-15H2,1H3/t17-/m0/s1. The Labute approximate surface area is 148 Å². The maximum atomic E-state index is 12.4. The minimum absolute atomic E-state index is 0.0270. The summed E-state index contributed by atoms with van der Waals surface area (Å²) in [5, 5.41) is 4.13. The van der Waals surface area contributed by atoms with E-state index >= 15 is 0 Å². The van der Waals surface area contributed by atoms with E-state index in [1.54, 1.807) is 27.7 Å². The smallest absolute Gasteiger partial charge is 0.241 e. The van der Waals surface area contributed by atoms with Crippen molar-refractivity contribution in [1.29, 1.82) is 0 Å². The Balaban J connectivity index is 1.47. The third-order valence-electron chi connectivity index (χ3n) is 4.64. The van der Waals surface area contributed by atoms with Gasteiger partial charge in [-0.2, -0.15) is 5.10 Å². The number of amides is 2. The predicted molar refractivity (Wildman–Crippen MR) is 94.7 cm³/mol. The summed E-state index contributed by atoms with van der Waals surface area (Å²) in [6.45, 7) is 2.06. The van der Waals surface area contributed by atoms with Crippen molar-refractivity contribution >= 4 is 11.8 Å². The van der Waals surface area contributed by atoms with Gasteiger partial charge in [0.05, 0.1) is 13.1 Å². The van der Waals surface area contributed by atoms with E-state index in [2.05, 4.69) is 17.2 Å². The summed E-state index contributed by atoms with van der Waals surface area (Å²) in [4.78, 5) is 28.0. The van der Waals surface area contributed by atoms with Crippen LogP contribution in [0, 0.1) is 5.92 Å². The molecular formula is C19H24N4O2. The van der Waals surface area contributed by atoms with Crippen molar-refractivity contribution in [3.05, 3.63) is 54.4 Å². The van der Waals surface area contributed by atoms with Crippen molar-refractivity contribution in [2.75, 3.05) is 26.7 Å². The Morgan fingerprint density at radius 2 is 2.08 bits per heavy atom. The number of benzene rings is 1. The van der Waals surface area contributed by atoms with E-state index in [-0.39, 0.29) is 24.3 Å². The highest BCUT2D eigenvalue weighted by atomic mass is 16.2. The summed E-state index contributed by atoms with van der Waals surface area (Å²) in [5.74, 6) is 0.340. The topological polar surface area (TPSA) is 58.4 Å². The molecule has 6 nitrogen and oxygen atoms in total. The van der Waals surface area contributed by atoms with Crippen LogP contribution in [0.5, 0.6) is 0 Å². The van der Waals surface area contributed by atoms with Gasteiger partial charge in [-0.25, -0.2) is 0 Å². The average Bonchev–Trinajstić information content (AvgIpc) is 3.24. The number of nitrogens with zero attached hydrogens (tertiary/aromatic N) is 4. The van der Waals surface area contributed by atoms with E-state index in [1.165, 1.54) is 5.56 Å². The minimum atomic E-state index is -0.0270. The molecule has 0 aliphatic carbocycles. The lowest BCUT2D eigenvalue weighted by molar-refractivity contribution is -0.137. The van der Waals surface area contributed by atoms with Crippen molar-refractivity contribution in [2.45, 2.75) is 19.4 Å². The quantitative estimate of drug-likeness (QED) is 0.766. The summed E-state index contributed by atoms with van der Waals surface area (Å²) < 4.78 is 1.79. The Morgan fingerprint density at radius 1 is 1.28 bits per heavy atom. The second-order valence-corrected chi connectivity index (χ2v) is 6.62. The van der Waals surface area contributed by atoms with Gasteiger partial charge in [0.1, 0.15) is 0 Å². The van der Waals surface area contributed by atoms with Crippen LogP contribution in [-0.2, 0) is 22.6 Å². The van der Waals surface area contributed by atoms with Crippen molar-refractivity contribution in [1.82, 2.24) is 19.6 Å². The van der Waals surface area contributed by atoms with Crippen LogP contribution in [0.15, 0.2) is 48.8 Å². The van der Waals surface area contributed by atoms with Gasteiger partial charge in [0.25, 0.3) is 0 Å². The second kappa shape index (κ2) is 7.96. The van der Waals surface area contributed by atoms with Crippen LogP contribution < -0.4 is 0 Å². The van der Waals surface area contributed by atoms with Gasteiger partial charge in [-0.05, 0) is 24.0 Å². The van der Waals surface area contributed by atoms with Gasteiger partial charge < -0.3 is 9.80 Å². The molecule has 3 rings (SSSR count). The number of hydrogen-bond acceptors (Lipinski definition) is 3. The third-order valence-corrected chi connectivity index (χ3v) is 4.64. The number of hydrogen-bond donors (Lipinski definition) is 0. The summed E-state index contributed by atoms with van der Waals surface area (Å²) in [6, 6.07) is 12.1. The molecule has 1 aromatic heterocycles. The monoisotopic (exact) mass is 340 g/mol. The number of likely N-dealkylation sites (N-methyl/N-ethyl adjacent to an activating group) is 1. The van der Waals surface area contributed by atoms with E-state index in [9.17, 15) is 9.59 Å². The van der Waals surface area contributed by atoms with E-state index in [4.69, 9.17) is 0 Å². The molecule has 1 saturated heterocycles. The maximum Gasteiger partial charge on any atom is 0.241 e. The Bertz CT molecular complexity index is 699. The molecule has 1 aliphatic rings. The van der Waals surface area contributed by atoms with Crippen molar-refractivity contribution in [3.8, 4) is 0 Å². The van der Waals surface area contributed by atoms with Gasteiger partial charge in [-0.1, -0.05) is 30.3 Å². The largest absolute Gasteiger partial charge is 0.342 e. The molecule has 2 aromatic rings. The van der Waals surface area contributed by atoms with Crippen LogP contribution in [0.25, 0.3) is 0 Å². The molecule has 0 radical (unpaired) electrons. The first-order valence-corrected chi connectivity index (χ1v) is 8.65. The molecule has 0 N–H and O–H groups in total. The second-order valence-electron chi connectivity index (χ2n) is 6.62. The minimum Gasteiger partial charge on any atom is -0.342 e. The number of likely N-dealkylation sites (tertiary alicyclic amines) is 1. The first-order valence-electron chi connectivity index (χ1n) is 8.65. The van der Waals surface area contributed by atoms with Gasteiger partial charge in [0.15, 0.2) is 0 Å². The number of carbonyl (C=O) groups is 2. The average molecular weight is 340 g/mol. The van der Waals surface area contributed by atoms with Crippen LogP contribution >= 0.6 is 0 Å². The maximum absolute atomic E-state index is 12.4. The number of aromatic nitrogens is 2. The fourth-order valence-electron chi connectivity index (χ4n) is 3.18. The Morgan fingerprint density at radius 3 is 2.80 bits per heavy atom. The molecular weight excluding hydrogens is 316 g/mol. The van der Waals surface area contributed by atoms with Crippen LogP contribution in [0.4, 0.5) is 0 Å². The SMILES string of the molecule is CN(CCn1cccn1)C(=O)CN1C[C@@H](Cc2ccccc2)CC1=O. The lowest BCUT2D eigenvalue weighted by atomic mass is 9.99. The van der Waals surface area contributed by atoms with E-state index in [1.807, 2.05) is 30.5 Å². The number of rotatable bonds is 7. The van der Waals surface area contributed by atoms with Crippen molar-refractivity contribution in [3.63, 3.8) is 0 Å². The summed E-state index contributed by atoms with van der Waals surface area (Å²) >= 11 is 0. The Kier molecular flexibility index (Phi) is 5.48. The van der Waals surface area contributed by atoms with Crippen molar-refractivity contribution in [2.24, 2.45) is 5.92 Å². The van der Waals surface area contributed by atoms with Crippen molar-refractivity contribution < 1.29 is 9.59 Å². The molecule has 6 heteroatoms. The molecule has 2 heterocycles. The van der Waals surface area contributed by atoms with Crippen LogP contribution in [-0.4, -0.2) is 58.1 Å². The molecule has 1 aliphatic heterocycles. The fraction of sp³-hybridized carbons (Fsp3) is 0.421. The Hall–Kier alpha value is -2.63. The number of carbonyl (C=O) groups excluding carboxylic acids is 2. The first kappa shape index (κ1) is 17.2. The highest BCUT2D eigenvalue weighted by molar-refractivity contribution is 5.86. The normalized spacial score (nSPS) is 17.1. The molecule has 1 fully saturated rings. The molecule has 25 heavy (non-hydrogen) atoms. The zero-order chi connectivity index (χ0) is 17.6. The molecule has 132 valence electrons. The fourth-order valence-corrected chi connectivity index (χ4v) is 3.18. The van der Waals surface area contributed by atoms with Crippen LogP contribution in [0.1, 0.15) is 12.0 Å². The first-order chi connectivity index (χ1) is 12.1. The van der Waals surface area contributed by atoms with Gasteiger partial charge in [0, 0.05) is 39.0 Å². The molecule has 0 bridgehead atoms. The van der Waals surface area contributed by atoms with E-state index < -0.39 is 0 Å². The van der Waals surface area contributed by atoms with Crippen LogP contribution in [0.3, 0.4) is 0 Å². The molecule has 0 unspecified atom stereocenters. The summed E-state index contributed by atoms with van der Waals surface area (Å²) in [5.41, 5.74) is 1.24. The van der Waals surface area contributed by atoms with Gasteiger partial charge in [0.2, 0.25) is 11.8 Å². The van der Waals surface area contributed by atoms with Crippen LogP contribution in [0.2, 0.25) is 0 Å². The zero-order valence-corrected chi connectivity index (χ0v) is 14.5. The van der Waals surface area contributed by atoms with E-state index in [0.29, 0.717) is 26.1 Å². The molecule has 0 saturated carbocycles. The predicted octanol–water partition coefficient (Wildman–Crippen LogP) is 1.43. The molecule has 1 atom stereocenters. The zero-order valence-electron chi connectivity index (χ0n) is 14.5. The van der Waals surface area contributed by atoms with E-state index in [0.717, 1.165) is 6.42 Å². The van der Waals surface area contributed by atoms with Gasteiger partial charge in [-0.3, -0.25) is 14.3 Å². The summed E-state index contributed by atoms with van der Waals surface area (Å²) in [7, 11) is 1.77. The lowest BCUT2D eigenvalue weighted by Crippen LogP contribution is -2.40. The highest BCUT2D eigenvalue weighted by Gasteiger charge is 2.31. The van der Waals surface area contributed by atoms with Gasteiger partial charge >= 0.3 is 0 Å². The van der Waals surface area contributed by atoms with Gasteiger partial charge in [-0.15, -0.1) is 0 Å². The lowest BCUT2D eigenvalue weighted by Gasteiger charge is -2.22. The molecule has 0 spiro atoms. The molecule has 2 amide bonds. The third kappa shape index (κ3) is 4.68. The summed E-state index contributed by atoms with van der Waals surface area (Å²) in [6.07, 6.45) is 5.00. The molecule has 1 aromatic carbocycles. The highest BCUT2D eigenvalue weighted by Crippen LogP contribution is 2.21.